The Morgan fingerprint density at radius 3 is 1.28 bits per heavy atom. The molecule has 0 aliphatic carbocycles. The van der Waals surface area contributed by atoms with Crippen LogP contribution in [0, 0.1) is 20.8 Å². The Morgan fingerprint density at radius 1 is 0.526 bits per heavy atom. The molecule has 0 saturated carbocycles. The molecule has 3 aromatic carbocycles. The van der Waals surface area contributed by atoms with Gasteiger partial charge in [0.25, 0.3) is 5.91 Å². The summed E-state index contributed by atoms with van der Waals surface area (Å²) in [6, 6.07) is 13.5. The summed E-state index contributed by atoms with van der Waals surface area (Å²) in [5.41, 5.74) is -4.65. The van der Waals surface area contributed by atoms with Gasteiger partial charge in [0.2, 0.25) is 0 Å². The monoisotopic (exact) mass is 1120 g/mol. The van der Waals surface area contributed by atoms with Crippen molar-refractivity contribution in [3.63, 3.8) is 0 Å². The zero-order chi connectivity index (χ0) is 58.3. The summed E-state index contributed by atoms with van der Waals surface area (Å²) < 4.78 is 212. The number of rotatable bonds is 11. The van der Waals surface area contributed by atoms with E-state index in [1.807, 2.05) is 0 Å². The lowest BCUT2D eigenvalue weighted by Gasteiger charge is -2.16. The Balaban J connectivity index is 0.000000220. The van der Waals surface area contributed by atoms with E-state index in [9.17, 15) is 85.3 Å². The number of benzene rings is 3. The minimum absolute atomic E-state index is 0.00788. The minimum Gasteiger partial charge on any atom is -0.508 e. The lowest BCUT2D eigenvalue weighted by molar-refractivity contribution is -0.154. The molecule has 4 heterocycles. The third-order valence-electron chi connectivity index (χ3n) is 10.4. The van der Waals surface area contributed by atoms with E-state index in [0.717, 1.165) is 12.1 Å². The van der Waals surface area contributed by atoms with Gasteiger partial charge in [0.1, 0.15) is 34.3 Å². The standard InChI is InChI=1S/C20H15F6N3O2.C16H13F6NO3.C14H12F3NO3/c1-11-6-16(18(30)28-9-12-4-2-3-5-27-12)29-17-14(11)7-13(31-10-19(21,22)23)8-15(17)20(24,25)26;1-3-25-14(24)12-4-8(2)10-5-9(26-7-15(17,18)19)6-11(13(10)23-12)16(20,21)22;1-3-21-13(20)11-4-7(2)9-5-8(19)6-10(12(9)18-11)14(15,16)17/h2-8H,9-10H2,1H3,(H,28,30);4-6H,3,7H2,1-2H3;4-6,19H,3H2,1-2H3. The van der Waals surface area contributed by atoms with Crippen LogP contribution in [-0.2, 0) is 34.5 Å². The first-order chi connectivity index (χ1) is 36.1. The number of nitrogens with one attached hydrogen (secondary N) is 1. The maximum atomic E-state index is 13.6. The molecular formula is C50H40F15N5O8. The van der Waals surface area contributed by atoms with Crippen LogP contribution in [0.2, 0.25) is 0 Å². The molecule has 28 heteroatoms. The van der Waals surface area contributed by atoms with E-state index in [2.05, 4.69) is 34.7 Å². The highest BCUT2D eigenvalue weighted by Gasteiger charge is 2.38. The highest BCUT2D eigenvalue weighted by atomic mass is 19.4. The van der Waals surface area contributed by atoms with Crippen molar-refractivity contribution in [3.8, 4) is 17.2 Å². The zero-order valence-corrected chi connectivity index (χ0v) is 40.8. The number of aromatic hydroxyl groups is 1. The molecule has 0 bridgehead atoms. The molecule has 78 heavy (non-hydrogen) atoms. The summed E-state index contributed by atoms with van der Waals surface area (Å²) in [6.45, 7) is 4.14. The number of carbonyl (C=O) groups excluding carboxylic acids is 3. The lowest BCUT2D eigenvalue weighted by atomic mass is 10.0. The fourth-order valence-electron chi connectivity index (χ4n) is 7.05. The molecule has 7 aromatic rings. The van der Waals surface area contributed by atoms with Crippen molar-refractivity contribution in [3.05, 3.63) is 135 Å². The Morgan fingerprint density at radius 2 is 0.910 bits per heavy atom. The molecule has 4 aromatic heterocycles. The normalized spacial score (nSPS) is 12.1. The molecule has 0 atom stereocenters. The molecule has 0 aliphatic rings. The zero-order valence-electron chi connectivity index (χ0n) is 40.8. The van der Waals surface area contributed by atoms with Crippen molar-refractivity contribution in [2.75, 3.05) is 26.4 Å². The molecular weight excluding hydrogens is 1080 g/mol. The number of halogens is 15. The van der Waals surface area contributed by atoms with Gasteiger partial charge in [0.15, 0.2) is 13.2 Å². The van der Waals surface area contributed by atoms with Gasteiger partial charge in [-0.1, -0.05) is 6.07 Å². The number of amides is 1. The van der Waals surface area contributed by atoms with Gasteiger partial charge in [0.05, 0.1) is 58.7 Å². The molecule has 2 N–H and O–H groups in total. The van der Waals surface area contributed by atoms with Crippen molar-refractivity contribution in [2.45, 2.75) is 72.0 Å². The minimum atomic E-state index is -4.93. The van der Waals surface area contributed by atoms with Gasteiger partial charge in [-0.25, -0.2) is 24.5 Å². The van der Waals surface area contributed by atoms with Crippen molar-refractivity contribution >= 4 is 50.6 Å². The van der Waals surface area contributed by atoms with Crippen LogP contribution in [0.3, 0.4) is 0 Å². The maximum absolute atomic E-state index is 13.6. The number of aryl methyl sites for hydroxylation is 3. The van der Waals surface area contributed by atoms with Crippen LogP contribution in [0.4, 0.5) is 65.9 Å². The molecule has 0 radical (unpaired) electrons. The highest BCUT2D eigenvalue weighted by Crippen LogP contribution is 2.41. The van der Waals surface area contributed by atoms with Crippen LogP contribution < -0.4 is 14.8 Å². The van der Waals surface area contributed by atoms with Gasteiger partial charge in [-0.15, -0.1) is 0 Å². The van der Waals surface area contributed by atoms with E-state index < -0.39 is 107 Å². The molecule has 0 spiro atoms. The van der Waals surface area contributed by atoms with Gasteiger partial charge < -0.3 is 29.4 Å². The number of pyridine rings is 4. The molecule has 418 valence electrons. The first-order valence-corrected chi connectivity index (χ1v) is 22.3. The fourth-order valence-corrected chi connectivity index (χ4v) is 7.05. The highest BCUT2D eigenvalue weighted by molar-refractivity contribution is 5.98. The molecule has 0 fully saturated rings. The van der Waals surface area contributed by atoms with E-state index in [1.54, 1.807) is 25.1 Å². The van der Waals surface area contributed by atoms with Crippen LogP contribution in [0.25, 0.3) is 32.7 Å². The van der Waals surface area contributed by atoms with Crippen LogP contribution in [-0.4, -0.2) is 81.7 Å². The fraction of sp³-hybridized carbons (Fsp3) is 0.300. The van der Waals surface area contributed by atoms with E-state index >= 15 is 0 Å². The van der Waals surface area contributed by atoms with Crippen LogP contribution >= 0.6 is 0 Å². The largest absolute Gasteiger partial charge is 0.508 e. The number of hydrogen-bond acceptors (Lipinski definition) is 12. The van der Waals surface area contributed by atoms with Gasteiger partial charge in [-0.3, -0.25) is 9.78 Å². The summed E-state index contributed by atoms with van der Waals surface area (Å²) in [6.07, 6.45) is -22.4. The molecule has 0 aliphatic heterocycles. The Hall–Kier alpha value is -8.20. The van der Waals surface area contributed by atoms with E-state index in [0.29, 0.717) is 29.5 Å². The predicted octanol–water partition coefficient (Wildman–Crippen LogP) is 13.0. The topological polar surface area (TPSA) is 172 Å². The van der Waals surface area contributed by atoms with Crippen molar-refractivity contribution in [2.24, 2.45) is 0 Å². The molecule has 13 nitrogen and oxygen atoms in total. The quantitative estimate of drug-likeness (QED) is 0.0929. The molecule has 1 amide bonds. The van der Waals surface area contributed by atoms with Crippen LogP contribution in [0.1, 0.15) is 84.4 Å². The van der Waals surface area contributed by atoms with E-state index in [1.165, 1.54) is 58.2 Å². The van der Waals surface area contributed by atoms with E-state index in [-0.39, 0.29) is 69.6 Å². The first kappa shape index (κ1) is 60.7. The number of fused-ring (bicyclic) bond motifs is 3. The number of phenolic OH excluding ortho intramolecular Hbond substituents is 1. The number of nitrogens with zero attached hydrogens (tertiary/aromatic N) is 4. The van der Waals surface area contributed by atoms with Gasteiger partial charge in [-0.05, 0) is 118 Å². The third-order valence-corrected chi connectivity index (χ3v) is 10.4. The number of hydrogen-bond donors (Lipinski definition) is 2. The second kappa shape index (κ2) is 24.0. The number of phenols is 1. The van der Waals surface area contributed by atoms with Gasteiger partial charge in [0, 0.05) is 22.4 Å². The lowest BCUT2D eigenvalue weighted by Crippen LogP contribution is -2.24. The molecule has 0 saturated heterocycles. The Kier molecular flexibility index (Phi) is 18.7. The smallest absolute Gasteiger partial charge is 0.422 e. The van der Waals surface area contributed by atoms with Crippen molar-refractivity contribution in [1.82, 2.24) is 25.3 Å². The summed E-state index contributed by atoms with van der Waals surface area (Å²) in [7, 11) is 0. The van der Waals surface area contributed by atoms with Crippen LogP contribution in [0.5, 0.6) is 17.2 Å². The number of esters is 2. The average molecular weight is 1120 g/mol. The third kappa shape index (κ3) is 16.2. The predicted molar refractivity (Wildman–Crippen MR) is 247 cm³/mol. The SMILES string of the molecule is CCOC(=O)c1cc(C)c2cc(O)cc(C(F)(F)F)c2n1.CCOC(=O)c1cc(C)c2cc(OCC(F)(F)F)cc(C(F)(F)F)c2n1.Cc1cc(C(=O)NCc2ccccn2)nc2c(C(F)(F)F)cc(OCC(F)(F)F)cc12. The summed E-state index contributed by atoms with van der Waals surface area (Å²) in [4.78, 5) is 51.2. The Labute approximate surface area is 430 Å². The summed E-state index contributed by atoms with van der Waals surface area (Å²) >= 11 is 0. The average Bonchev–Trinajstić information content (AvgIpc) is 3.37. The first-order valence-electron chi connectivity index (χ1n) is 22.3. The van der Waals surface area contributed by atoms with Crippen LogP contribution in [0.15, 0.2) is 79.0 Å². The molecule has 0 unspecified atom stereocenters. The number of carbonyl (C=O) groups is 3. The van der Waals surface area contributed by atoms with Crippen molar-refractivity contribution in [1.29, 1.82) is 0 Å². The van der Waals surface area contributed by atoms with Gasteiger partial charge in [-0.2, -0.15) is 65.9 Å². The second-order valence-corrected chi connectivity index (χ2v) is 16.3. The summed E-state index contributed by atoms with van der Waals surface area (Å²) in [5, 5.41) is 11.9. The van der Waals surface area contributed by atoms with Gasteiger partial charge >= 0.3 is 42.8 Å². The number of ether oxygens (including phenoxy) is 4. The Bertz CT molecular complexity index is 3330. The number of alkyl halides is 15. The molecule has 7 rings (SSSR count). The van der Waals surface area contributed by atoms with E-state index in [4.69, 9.17) is 9.47 Å². The number of aromatic nitrogens is 4. The van der Waals surface area contributed by atoms with Crippen molar-refractivity contribution < 1.29 is 104 Å². The summed E-state index contributed by atoms with van der Waals surface area (Å²) in [5.74, 6) is -4.12. The maximum Gasteiger partial charge on any atom is 0.422 e. The second-order valence-electron chi connectivity index (χ2n) is 16.3.